The highest BCUT2D eigenvalue weighted by Crippen LogP contribution is 2.50. The summed E-state index contributed by atoms with van der Waals surface area (Å²) in [6.45, 7) is 17.5. The third-order valence-electron chi connectivity index (χ3n) is 11.3. The Labute approximate surface area is 332 Å². The summed E-state index contributed by atoms with van der Waals surface area (Å²) < 4.78 is 24.0. The van der Waals surface area contributed by atoms with Crippen molar-refractivity contribution in [3.8, 4) is 22.6 Å². The van der Waals surface area contributed by atoms with E-state index in [-0.39, 0.29) is 0 Å². The molecule has 2 atom stereocenters. The van der Waals surface area contributed by atoms with Crippen molar-refractivity contribution in [2.45, 2.75) is 107 Å². The molecule has 294 valence electrons. The van der Waals surface area contributed by atoms with Crippen molar-refractivity contribution in [1.82, 2.24) is 0 Å². The van der Waals surface area contributed by atoms with Gasteiger partial charge in [-0.1, -0.05) is 149 Å². The van der Waals surface area contributed by atoms with Gasteiger partial charge in [0.05, 0.1) is 13.2 Å². The number of aryl methyl sites for hydroxylation is 4. The van der Waals surface area contributed by atoms with Gasteiger partial charge in [-0.3, -0.25) is 0 Å². The molecule has 0 spiro atoms. The molecule has 0 N–H and O–H groups in total. The number of carbonyl (C=O) groups excluding carboxylic acids is 2. The molecule has 6 nitrogen and oxygen atoms in total. The zero-order valence-corrected chi connectivity index (χ0v) is 34.6. The SMILES string of the molecule is CCCCC(CC)COC(=O)Oc1c2cc(C)ccc2c(-c2c3ccc(C)cc3c(OC(=O)OCC(CC)CCCC)c3ccc(C)cc23)c2cc(C)ccc12. The average molecular weight is 755 g/mol. The number of fused-ring (bicyclic) bond motifs is 4. The van der Waals surface area contributed by atoms with E-state index >= 15 is 0 Å². The highest BCUT2D eigenvalue weighted by molar-refractivity contribution is 6.27. The molecule has 0 bridgehead atoms. The molecule has 0 fully saturated rings. The van der Waals surface area contributed by atoms with Gasteiger partial charge in [0.2, 0.25) is 0 Å². The van der Waals surface area contributed by atoms with Gasteiger partial charge < -0.3 is 18.9 Å². The number of rotatable bonds is 15. The van der Waals surface area contributed by atoms with E-state index in [0.717, 1.165) is 128 Å². The lowest BCUT2D eigenvalue weighted by Gasteiger charge is -2.22. The fraction of sp³-hybridized carbons (Fsp3) is 0.400. The maximum atomic E-state index is 13.5. The van der Waals surface area contributed by atoms with Crippen molar-refractivity contribution in [2.24, 2.45) is 11.8 Å². The molecule has 0 aliphatic heterocycles. The molecule has 6 aromatic rings. The van der Waals surface area contributed by atoms with Crippen LogP contribution in [0.3, 0.4) is 0 Å². The number of ether oxygens (including phenoxy) is 4. The maximum Gasteiger partial charge on any atom is 0.513 e. The van der Waals surface area contributed by atoms with E-state index in [1.165, 1.54) is 0 Å². The van der Waals surface area contributed by atoms with Gasteiger partial charge >= 0.3 is 12.3 Å². The van der Waals surface area contributed by atoms with Crippen molar-refractivity contribution in [2.75, 3.05) is 13.2 Å². The van der Waals surface area contributed by atoms with E-state index in [4.69, 9.17) is 18.9 Å². The van der Waals surface area contributed by atoms with Gasteiger partial charge in [-0.15, -0.1) is 0 Å². The van der Waals surface area contributed by atoms with Gasteiger partial charge in [0, 0.05) is 21.5 Å². The van der Waals surface area contributed by atoms with Crippen LogP contribution in [0, 0.1) is 39.5 Å². The summed E-state index contributed by atoms with van der Waals surface area (Å²) >= 11 is 0. The zero-order chi connectivity index (χ0) is 39.9. The van der Waals surface area contributed by atoms with Crippen LogP contribution in [0.5, 0.6) is 11.5 Å². The lowest BCUT2D eigenvalue weighted by Crippen LogP contribution is -2.17. The molecule has 56 heavy (non-hydrogen) atoms. The lowest BCUT2D eigenvalue weighted by molar-refractivity contribution is 0.0811. The molecule has 0 aliphatic carbocycles. The molecule has 0 aromatic heterocycles. The first-order valence-electron chi connectivity index (χ1n) is 20.7. The van der Waals surface area contributed by atoms with Gasteiger partial charge in [0.1, 0.15) is 11.5 Å². The molecule has 0 radical (unpaired) electrons. The van der Waals surface area contributed by atoms with Crippen LogP contribution in [0.2, 0.25) is 0 Å². The van der Waals surface area contributed by atoms with Gasteiger partial charge in [-0.2, -0.15) is 0 Å². The van der Waals surface area contributed by atoms with Crippen LogP contribution in [0.4, 0.5) is 9.59 Å². The number of unbranched alkanes of at least 4 members (excludes halogenated alkanes) is 2. The van der Waals surface area contributed by atoms with Crippen LogP contribution in [0.25, 0.3) is 54.2 Å². The monoisotopic (exact) mass is 754 g/mol. The van der Waals surface area contributed by atoms with E-state index in [2.05, 4.69) is 116 Å². The van der Waals surface area contributed by atoms with E-state index in [0.29, 0.717) is 36.5 Å². The summed E-state index contributed by atoms with van der Waals surface area (Å²) in [4.78, 5) is 27.0. The summed E-state index contributed by atoms with van der Waals surface area (Å²) in [5, 5.41) is 7.08. The molecule has 0 saturated carbocycles. The molecule has 0 amide bonds. The summed E-state index contributed by atoms with van der Waals surface area (Å²) in [6, 6.07) is 25.2. The molecule has 6 heteroatoms. The minimum atomic E-state index is -0.691. The fourth-order valence-electron chi connectivity index (χ4n) is 7.99. The summed E-state index contributed by atoms with van der Waals surface area (Å²) in [5.41, 5.74) is 6.28. The Morgan fingerprint density at radius 3 is 1.14 bits per heavy atom. The van der Waals surface area contributed by atoms with Crippen molar-refractivity contribution in [1.29, 1.82) is 0 Å². The first-order chi connectivity index (χ1) is 27.1. The summed E-state index contributed by atoms with van der Waals surface area (Å²) in [7, 11) is 0. The van der Waals surface area contributed by atoms with Crippen LogP contribution < -0.4 is 9.47 Å². The average Bonchev–Trinajstić information content (AvgIpc) is 3.18. The molecule has 0 aliphatic rings. The number of carbonyl (C=O) groups is 2. The molecule has 6 rings (SSSR count). The topological polar surface area (TPSA) is 71.1 Å². The van der Waals surface area contributed by atoms with Crippen LogP contribution in [-0.4, -0.2) is 25.5 Å². The van der Waals surface area contributed by atoms with Crippen molar-refractivity contribution in [3.05, 3.63) is 95.1 Å². The Morgan fingerprint density at radius 1 is 0.464 bits per heavy atom. The first kappa shape index (κ1) is 40.6. The second kappa shape index (κ2) is 18.2. The third-order valence-corrected chi connectivity index (χ3v) is 11.3. The molecular weight excluding hydrogens is 697 g/mol. The van der Waals surface area contributed by atoms with E-state index in [1.54, 1.807) is 0 Å². The quantitative estimate of drug-likeness (QED) is 0.0590. The predicted octanol–water partition coefficient (Wildman–Crippen LogP) is 14.7. The van der Waals surface area contributed by atoms with Crippen LogP contribution in [-0.2, 0) is 9.47 Å². The van der Waals surface area contributed by atoms with Crippen LogP contribution in [0.1, 0.15) is 101 Å². The second-order valence-corrected chi connectivity index (χ2v) is 15.8. The van der Waals surface area contributed by atoms with Crippen molar-refractivity contribution < 1.29 is 28.5 Å². The molecule has 2 unspecified atom stereocenters. The Bertz CT molecular complexity index is 2210. The Morgan fingerprint density at radius 2 is 0.804 bits per heavy atom. The normalized spacial score (nSPS) is 12.6. The van der Waals surface area contributed by atoms with Gasteiger partial charge in [0.15, 0.2) is 0 Å². The van der Waals surface area contributed by atoms with Gasteiger partial charge in [0.25, 0.3) is 0 Å². The number of hydrogen-bond acceptors (Lipinski definition) is 6. The number of hydrogen-bond donors (Lipinski definition) is 0. The van der Waals surface area contributed by atoms with Crippen LogP contribution in [0.15, 0.2) is 72.8 Å². The zero-order valence-electron chi connectivity index (χ0n) is 34.6. The smallest absolute Gasteiger partial charge is 0.434 e. The fourth-order valence-corrected chi connectivity index (χ4v) is 7.99. The summed E-state index contributed by atoms with van der Waals surface area (Å²) in [5.74, 6) is 1.57. The molecule has 6 aromatic carbocycles. The molecule has 0 saturated heterocycles. The van der Waals surface area contributed by atoms with Crippen molar-refractivity contribution in [3.63, 3.8) is 0 Å². The standard InChI is InChI=1S/C50H58O6/c1-9-13-15-35(11-3)29-53-49(51)55-47-39-23-19-31(5)25-41(39)45(37-21-17-33(7)27-43(37)47)46-38-22-18-34(8)28-44(38)48(40-24-20-32(6)26-42(40)46)56-50(52)54-30-36(12-4)16-14-10-2/h17-28,35-36H,9-16,29-30H2,1-8H3. The highest BCUT2D eigenvalue weighted by atomic mass is 16.7. The predicted molar refractivity (Wildman–Crippen MR) is 231 cm³/mol. The van der Waals surface area contributed by atoms with Crippen LogP contribution >= 0.6 is 0 Å². The second-order valence-electron chi connectivity index (χ2n) is 15.8. The van der Waals surface area contributed by atoms with Crippen molar-refractivity contribution >= 4 is 55.4 Å². The maximum absolute atomic E-state index is 13.5. The van der Waals surface area contributed by atoms with E-state index in [1.807, 2.05) is 12.1 Å². The Kier molecular flexibility index (Phi) is 13.2. The highest BCUT2D eigenvalue weighted by Gasteiger charge is 2.26. The Hall–Kier alpha value is -5.10. The third kappa shape index (κ3) is 8.80. The van der Waals surface area contributed by atoms with Gasteiger partial charge in [-0.25, -0.2) is 9.59 Å². The lowest BCUT2D eigenvalue weighted by atomic mass is 9.84. The molecular formula is C50H58O6. The Balaban J connectivity index is 1.56. The number of benzene rings is 6. The van der Waals surface area contributed by atoms with Gasteiger partial charge in [-0.05, 0) is 97.2 Å². The minimum Gasteiger partial charge on any atom is -0.434 e. The van der Waals surface area contributed by atoms with E-state index < -0.39 is 12.3 Å². The van der Waals surface area contributed by atoms with E-state index in [9.17, 15) is 9.59 Å². The minimum absolute atomic E-state index is 0.296. The first-order valence-corrected chi connectivity index (χ1v) is 20.7. The largest absolute Gasteiger partial charge is 0.513 e. The summed E-state index contributed by atoms with van der Waals surface area (Å²) in [6.07, 6.45) is 6.95. The molecule has 0 heterocycles.